The molecular weight excluding hydrogens is 524 g/mol. The maximum absolute atomic E-state index is 10.5. The topological polar surface area (TPSA) is 109 Å². The van der Waals surface area contributed by atoms with Gasteiger partial charge in [0.25, 0.3) is 0 Å². The smallest absolute Gasteiger partial charge is 0.150 e. The molecule has 3 aromatic carbocycles. The summed E-state index contributed by atoms with van der Waals surface area (Å²) in [6.45, 7) is 0.606. The van der Waals surface area contributed by atoms with Crippen LogP contribution in [0, 0.1) is 5.41 Å². The zero-order valence-electron chi connectivity index (χ0n) is 22.8. The van der Waals surface area contributed by atoms with Gasteiger partial charge in [-0.25, -0.2) is 0 Å². The van der Waals surface area contributed by atoms with Crippen LogP contribution >= 0.6 is 11.6 Å². The third kappa shape index (κ3) is 9.94. The lowest BCUT2D eigenvalue weighted by atomic mass is 10.0. The van der Waals surface area contributed by atoms with Gasteiger partial charge < -0.3 is 20.8 Å². The minimum Gasteiger partial charge on any atom is -0.398 e. The Balaban J connectivity index is 0.000000427. The summed E-state index contributed by atoms with van der Waals surface area (Å²) in [5.41, 5.74) is 12.5. The molecule has 0 aliphatic carbocycles. The van der Waals surface area contributed by atoms with Crippen LogP contribution in [0.15, 0.2) is 91.3 Å². The van der Waals surface area contributed by atoms with Crippen molar-refractivity contribution >= 4 is 47.8 Å². The second kappa shape index (κ2) is 17.1. The summed E-state index contributed by atoms with van der Waals surface area (Å²) in [5.74, 6) is 0. The molecule has 0 unspecified atom stereocenters. The van der Waals surface area contributed by atoms with Crippen LogP contribution in [0.1, 0.15) is 27.0 Å². The zero-order chi connectivity index (χ0) is 29.3. The van der Waals surface area contributed by atoms with Crippen molar-refractivity contribution in [3.63, 3.8) is 0 Å². The normalized spacial score (nSPS) is 10.0. The van der Waals surface area contributed by atoms with Crippen molar-refractivity contribution in [2.75, 3.05) is 31.9 Å². The van der Waals surface area contributed by atoms with Crippen LogP contribution in [-0.2, 0) is 16.1 Å². The maximum Gasteiger partial charge on any atom is 0.150 e. The van der Waals surface area contributed by atoms with E-state index in [1.807, 2.05) is 66.5 Å². The van der Waals surface area contributed by atoms with Gasteiger partial charge in [0.1, 0.15) is 12.6 Å². The molecule has 0 amide bonds. The van der Waals surface area contributed by atoms with Crippen LogP contribution in [0.5, 0.6) is 0 Å². The summed E-state index contributed by atoms with van der Waals surface area (Å²) >= 11 is 6.55. The fourth-order valence-electron chi connectivity index (χ4n) is 3.51. The highest BCUT2D eigenvalue weighted by Gasteiger charge is 2.09. The summed E-state index contributed by atoms with van der Waals surface area (Å²) in [6.07, 6.45) is 9.45. The van der Waals surface area contributed by atoms with Crippen molar-refractivity contribution in [2.45, 2.75) is 6.54 Å². The number of pyridine rings is 1. The molecule has 0 saturated carbocycles. The second-order valence-electron chi connectivity index (χ2n) is 8.56. The first kappa shape index (κ1) is 31.6. The van der Waals surface area contributed by atoms with E-state index in [0.29, 0.717) is 22.8 Å². The second-order valence-corrected chi connectivity index (χ2v) is 8.97. The number of nitrogens with one attached hydrogen (secondary N) is 1. The molecule has 0 aliphatic rings. The third-order valence-electron chi connectivity index (χ3n) is 5.52. The van der Waals surface area contributed by atoms with Gasteiger partial charge in [-0.05, 0) is 52.6 Å². The van der Waals surface area contributed by atoms with Crippen LogP contribution in [0.3, 0.4) is 0 Å². The number of anilines is 2. The number of hydrogen-bond donors (Lipinski definition) is 2. The number of benzene rings is 3. The van der Waals surface area contributed by atoms with Crippen LogP contribution in [0.4, 0.5) is 11.4 Å². The number of rotatable bonds is 8. The average Bonchev–Trinajstić information content (AvgIpc) is 2.98. The van der Waals surface area contributed by atoms with Crippen molar-refractivity contribution in [1.29, 1.82) is 5.41 Å². The number of hydrogen-bond acceptors (Lipinski definition) is 7. The monoisotopic (exact) mass is 556 g/mol. The number of ether oxygens (including phenoxy) is 1. The highest BCUT2D eigenvalue weighted by molar-refractivity contribution is 6.31. The van der Waals surface area contributed by atoms with Crippen molar-refractivity contribution < 1.29 is 14.3 Å². The first-order valence-electron chi connectivity index (χ1n) is 12.2. The Labute approximate surface area is 240 Å². The summed E-state index contributed by atoms with van der Waals surface area (Å²) in [6, 6.07) is 22.6. The summed E-state index contributed by atoms with van der Waals surface area (Å²) in [7, 11) is 5.21. The molecule has 1 heterocycles. The molecule has 4 aromatic rings. The summed E-state index contributed by atoms with van der Waals surface area (Å²) < 4.78 is 4.25. The fraction of sp³-hybridized carbons (Fsp3) is 0.125. The number of allylic oxidation sites excluding steroid dienone is 1. The first-order valence-corrected chi connectivity index (χ1v) is 12.6. The van der Waals surface area contributed by atoms with E-state index in [2.05, 4.69) is 9.72 Å². The molecule has 40 heavy (non-hydrogen) atoms. The Morgan fingerprint density at radius 3 is 2.23 bits per heavy atom. The van der Waals surface area contributed by atoms with Gasteiger partial charge in [-0.2, -0.15) is 0 Å². The Morgan fingerprint density at radius 1 is 0.950 bits per heavy atom. The molecule has 206 valence electrons. The van der Waals surface area contributed by atoms with Crippen molar-refractivity contribution in [2.24, 2.45) is 0 Å². The quantitative estimate of drug-likeness (QED) is 0.110. The molecule has 0 atom stereocenters. The van der Waals surface area contributed by atoms with Gasteiger partial charge in [0.05, 0.1) is 11.9 Å². The number of nitrogen functional groups attached to an aromatic ring is 1. The number of nitrogens with zero attached hydrogens (tertiary/aromatic N) is 2. The lowest BCUT2D eigenvalue weighted by Gasteiger charge is -2.20. The van der Waals surface area contributed by atoms with Gasteiger partial charge in [-0.1, -0.05) is 66.2 Å². The number of aromatic nitrogens is 1. The minimum atomic E-state index is 0.576. The lowest BCUT2D eigenvalue weighted by Crippen LogP contribution is -2.17. The molecule has 0 fully saturated rings. The SMILES string of the molecule is CN(Cc1ccc(-c2ccc(N)c(C=N)c2)cc1Cl)c1cncc(/C=C/C=O)c1.COC.O=Cc1ccccc1. The van der Waals surface area contributed by atoms with E-state index in [-0.39, 0.29) is 0 Å². The van der Waals surface area contributed by atoms with Gasteiger partial charge in [0.2, 0.25) is 0 Å². The molecule has 0 aliphatic heterocycles. The highest BCUT2D eigenvalue weighted by Crippen LogP contribution is 2.29. The Bertz CT molecular complexity index is 1430. The Kier molecular flexibility index (Phi) is 13.5. The number of halogens is 1. The van der Waals surface area contributed by atoms with Crippen LogP contribution in [-0.4, -0.2) is 45.0 Å². The van der Waals surface area contributed by atoms with E-state index < -0.39 is 0 Å². The molecule has 0 saturated heterocycles. The predicted octanol–water partition coefficient (Wildman–Crippen LogP) is 6.59. The third-order valence-corrected chi connectivity index (χ3v) is 5.88. The molecule has 8 heteroatoms. The van der Waals surface area contributed by atoms with Crippen molar-refractivity contribution in [1.82, 2.24) is 4.98 Å². The van der Waals surface area contributed by atoms with Crippen molar-refractivity contribution in [3.05, 3.63) is 119 Å². The Morgan fingerprint density at radius 2 is 1.62 bits per heavy atom. The number of carbonyl (C=O) groups excluding carboxylic acids is 2. The van der Waals surface area contributed by atoms with E-state index in [1.54, 1.807) is 50.9 Å². The molecule has 7 nitrogen and oxygen atoms in total. The molecule has 0 radical (unpaired) electrons. The lowest BCUT2D eigenvalue weighted by molar-refractivity contribution is -0.104. The van der Waals surface area contributed by atoms with E-state index >= 15 is 0 Å². The van der Waals surface area contributed by atoms with E-state index in [0.717, 1.165) is 46.1 Å². The van der Waals surface area contributed by atoms with Gasteiger partial charge in [-0.15, -0.1) is 0 Å². The molecule has 1 aromatic heterocycles. The molecule has 4 rings (SSSR count). The van der Waals surface area contributed by atoms with Gasteiger partial charge in [0, 0.05) is 62.1 Å². The number of nitrogens with two attached hydrogens (primary N) is 1. The van der Waals surface area contributed by atoms with Crippen LogP contribution < -0.4 is 10.6 Å². The van der Waals surface area contributed by atoms with E-state index in [1.165, 1.54) is 12.3 Å². The molecular formula is C32H33ClN4O3. The first-order chi connectivity index (χ1) is 19.4. The van der Waals surface area contributed by atoms with Gasteiger partial charge in [-0.3, -0.25) is 14.6 Å². The van der Waals surface area contributed by atoms with Crippen molar-refractivity contribution in [3.8, 4) is 11.1 Å². The predicted molar refractivity (Wildman–Crippen MR) is 165 cm³/mol. The molecule has 0 bridgehead atoms. The van der Waals surface area contributed by atoms with E-state index in [4.69, 9.17) is 22.7 Å². The number of methoxy groups -OCH3 is 1. The zero-order valence-corrected chi connectivity index (χ0v) is 23.5. The minimum absolute atomic E-state index is 0.576. The maximum atomic E-state index is 10.5. The average molecular weight is 557 g/mol. The number of carbonyl (C=O) groups is 2. The molecule has 0 spiro atoms. The number of aldehydes is 2. The fourth-order valence-corrected chi connectivity index (χ4v) is 3.75. The van der Waals surface area contributed by atoms with Gasteiger partial charge >= 0.3 is 0 Å². The van der Waals surface area contributed by atoms with Gasteiger partial charge in [0.15, 0.2) is 0 Å². The summed E-state index contributed by atoms with van der Waals surface area (Å²) in [5, 5.41) is 8.13. The molecule has 3 N–H and O–H groups in total. The van der Waals surface area contributed by atoms with E-state index in [9.17, 15) is 9.59 Å². The highest BCUT2D eigenvalue weighted by atomic mass is 35.5. The van der Waals surface area contributed by atoms with Crippen LogP contribution in [0.25, 0.3) is 17.2 Å². The Hall–Kier alpha value is -4.59. The standard InChI is InChI=1S/C23H21ClN4O.C7H6O.C2H6O/c1-28(21-9-16(3-2-8-29)13-27-14-21)15-19-5-4-18(11-22(19)24)17-6-7-23(26)20(10-17)12-25;8-6-7-4-2-1-3-5-7;1-3-2/h2-14,25H,15,26H2,1H3;1-6H;1-2H3/b3-2+,25-12?;;. The summed E-state index contributed by atoms with van der Waals surface area (Å²) in [4.78, 5) is 26.8. The van der Waals surface area contributed by atoms with Crippen LogP contribution in [0.2, 0.25) is 5.02 Å². The largest absolute Gasteiger partial charge is 0.398 e.